The predicted molar refractivity (Wildman–Crippen MR) is 90.7 cm³/mol. The standard InChI is InChI=1S/C14H19ClN2O2S.ClH/c1-2-10(19-13-6-4-3-5-11(13)15)7-16-14(18)12-8-20-9-17-12;/h3-6,10,12,17H,2,7-9H2,1H3,(H,16,18);1H. The van der Waals surface area contributed by atoms with E-state index in [4.69, 9.17) is 16.3 Å². The highest BCUT2D eigenvalue weighted by Gasteiger charge is 2.23. The largest absolute Gasteiger partial charge is 0.487 e. The van der Waals surface area contributed by atoms with E-state index < -0.39 is 0 Å². The molecular formula is C14H20Cl2N2O2S. The molecule has 1 heterocycles. The first kappa shape index (κ1) is 18.4. The van der Waals surface area contributed by atoms with Gasteiger partial charge < -0.3 is 10.1 Å². The summed E-state index contributed by atoms with van der Waals surface area (Å²) in [7, 11) is 0. The minimum atomic E-state index is -0.0854. The van der Waals surface area contributed by atoms with E-state index in [1.165, 1.54) is 0 Å². The number of carbonyl (C=O) groups excluding carboxylic acids is 1. The van der Waals surface area contributed by atoms with Gasteiger partial charge in [0.05, 0.1) is 17.6 Å². The Bertz CT molecular complexity index is 456. The minimum absolute atomic E-state index is 0. The molecule has 7 heteroatoms. The number of thioether (sulfide) groups is 1. The number of carbonyl (C=O) groups is 1. The molecular weight excluding hydrogens is 331 g/mol. The Labute approximate surface area is 140 Å². The number of ether oxygens (including phenoxy) is 1. The van der Waals surface area contributed by atoms with Crippen LogP contribution in [-0.2, 0) is 4.79 Å². The van der Waals surface area contributed by atoms with Gasteiger partial charge in [-0.1, -0.05) is 30.7 Å². The molecule has 118 valence electrons. The number of hydrogen-bond donors (Lipinski definition) is 2. The Kier molecular flexibility index (Phi) is 8.26. The maximum absolute atomic E-state index is 11.9. The van der Waals surface area contributed by atoms with Crippen LogP contribution in [0.3, 0.4) is 0 Å². The van der Waals surface area contributed by atoms with Gasteiger partial charge in [0.15, 0.2) is 0 Å². The Morgan fingerprint density at radius 1 is 1.57 bits per heavy atom. The lowest BCUT2D eigenvalue weighted by Gasteiger charge is -2.20. The average molecular weight is 351 g/mol. The summed E-state index contributed by atoms with van der Waals surface area (Å²) >= 11 is 7.80. The van der Waals surface area contributed by atoms with Crippen molar-refractivity contribution in [1.29, 1.82) is 0 Å². The lowest BCUT2D eigenvalue weighted by Crippen LogP contribution is -2.45. The first-order valence-electron chi connectivity index (χ1n) is 6.70. The van der Waals surface area contributed by atoms with Crippen LogP contribution in [-0.4, -0.2) is 36.2 Å². The van der Waals surface area contributed by atoms with Gasteiger partial charge in [-0.05, 0) is 18.6 Å². The molecule has 1 aliphatic heterocycles. The summed E-state index contributed by atoms with van der Waals surface area (Å²) in [5, 5.41) is 6.67. The molecule has 2 N–H and O–H groups in total. The molecule has 1 fully saturated rings. The van der Waals surface area contributed by atoms with Crippen molar-refractivity contribution >= 4 is 41.7 Å². The molecule has 1 amide bonds. The zero-order valence-electron chi connectivity index (χ0n) is 11.8. The summed E-state index contributed by atoms with van der Waals surface area (Å²) in [4.78, 5) is 11.9. The van der Waals surface area contributed by atoms with E-state index >= 15 is 0 Å². The second kappa shape index (κ2) is 9.41. The molecule has 2 atom stereocenters. The average Bonchev–Trinajstić information content (AvgIpc) is 2.99. The summed E-state index contributed by atoms with van der Waals surface area (Å²) in [5.74, 6) is 2.36. The molecule has 0 bridgehead atoms. The lowest BCUT2D eigenvalue weighted by molar-refractivity contribution is -0.122. The Morgan fingerprint density at radius 3 is 2.95 bits per heavy atom. The van der Waals surface area contributed by atoms with Crippen molar-refractivity contribution in [2.45, 2.75) is 25.5 Å². The fourth-order valence-electron chi connectivity index (χ4n) is 1.89. The fraction of sp³-hybridized carbons (Fsp3) is 0.500. The third-order valence-corrected chi connectivity index (χ3v) is 4.37. The third-order valence-electron chi connectivity index (χ3n) is 3.12. The fourth-order valence-corrected chi connectivity index (χ4v) is 3.01. The van der Waals surface area contributed by atoms with E-state index in [2.05, 4.69) is 10.6 Å². The van der Waals surface area contributed by atoms with Crippen LogP contribution in [0.15, 0.2) is 24.3 Å². The monoisotopic (exact) mass is 350 g/mol. The van der Waals surface area contributed by atoms with Crippen LogP contribution in [0.1, 0.15) is 13.3 Å². The predicted octanol–water partition coefficient (Wildman–Crippen LogP) is 2.70. The first-order valence-corrected chi connectivity index (χ1v) is 8.24. The highest BCUT2D eigenvalue weighted by molar-refractivity contribution is 7.99. The number of para-hydroxylation sites is 1. The van der Waals surface area contributed by atoms with Crippen LogP contribution in [0.25, 0.3) is 0 Å². The van der Waals surface area contributed by atoms with Gasteiger partial charge in [0, 0.05) is 11.6 Å². The van der Waals surface area contributed by atoms with E-state index in [9.17, 15) is 4.79 Å². The van der Waals surface area contributed by atoms with Crippen LogP contribution in [0.5, 0.6) is 5.75 Å². The van der Waals surface area contributed by atoms with Gasteiger partial charge >= 0.3 is 0 Å². The van der Waals surface area contributed by atoms with Crippen molar-refractivity contribution in [2.24, 2.45) is 0 Å². The van der Waals surface area contributed by atoms with Crippen molar-refractivity contribution in [1.82, 2.24) is 10.6 Å². The summed E-state index contributed by atoms with van der Waals surface area (Å²) < 4.78 is 5.84. The second-order valence-corrected chi connectivity index (χ2v) is 6.03. The molecule has 1 aliphatic rings. The van der Waals surface area contributed by atoms with Gasteiger partial charge in [0.25, 0.3) is 0 Å². The quantitative estimate of drug-likeness (QED) is 0.828. The number of nitrogens with one attached hydrogen (secondary N) is 2. The Morgan fingerprint density at radius 2 is 2.33 bits per heavy atom. The highest BCUT2D eigenvalue weighted by Crippen LogP contribution is 2.24. The molecule has 2 rings (SSSR count). The number of halogens is 2. The third kappa shape index (κ3) is 5.58. The number of amides is 1. The normalized spacial score (nSPS) is 18.7. The molecule has 0 aliphatic carbocycles. The van der Waals surface area contributed by atoms with Crippen LogP contribution in [0.4, 0.5) is 0 Å². The molecule has 1 aromatic rings. The molecule has 0 spiro atoms. The summed E-state index contributed by atoms with van der Waals surface area (Å²) in [5.41, 5.74) is 0. The van der Waals surface area contributed by atoms with Crippen LogP contribution in [0, 0.1) is 0 Å². The van der Waals surface area contributed by atoms with Crippen LogP contribution in [0.2, 0.25) is 5.02 Å². The molecule has 1 aromatic carbocycles. The lowest BCUT2D eigenvalue weighted by atomic mass is 10.2. The van der Waals surface area contributed by atoms with Gasteiger partial charge in [-0.3, -0.25) is 10.1 Å². The zero-order valence-corrected chi connectivity index (χ0v) is 14.2. The number of benzene rings is 1. The topological polar surface area (TPSA) is 50.4 Å². The Hall–Kier alpha value is -0.620. The SMILES string of the molecule is CCC(CNC(=O)C1CSCN1)Oc1ccccc1Cl.Cl. The molecule has 1 saturated heterocycles. The minimum Gasteiger partial charge on any atom is -0.487 e. The molecule has 0 aromatic heterocycles. The van der Waals surface area contributed by atoms with Crippen LogP contribution >= 0.6 is 35.8 Å². The summed E-state index contributed by atoms with van der Waals surface area (Å²) in [6.07, 6.45) is 0.728. The second-order valence-electron chi connectivity index (χ2n) is 4.60. The molecule has 2 unspecified atom stereocenters. The van der Waals surface area contributed by atoms with Crippen LogP contribution < -0.4 is 15.4 Å². The Balaban J connectivity index is 0.00000220. The molecule has 21 heavy (non-hydrogen) atoms. The van der Waals surface area contributed by atoms with Crippen molar-refractivity contribution in [3.8, 4) is 5.75 Å². The maximum atomic E-state index is 11.9. The van der Waals surface area contributed by atoms with E-state index in [0.717, 1.165) is 18.1 Å². The number of rotatable bonds is 6. The molecule has 4 nitrogen and oxygen atoms in total. The smallest absolute Gasteiger partial charge is 0.238 e. The number of hydrogen-bond acceptors (Lipinski definition) is 4. The van der Waals surface area contributed by atoms with Gasteiger partial charge in [-0.2, -0.15) is 0 Å². The maximum Gasteiger partial charge on any atom is 0.238 e. The van der Waals surface area contributed by atoms with Gasteiger partial charge in [-0.15, -0.1) is 24.2 Å². The molecule has 0 saturated carbocycles. The van der Waals surface area contributed by atoms with Gasteiger partial charge in [0.1, 0.15) is 11.9 Å². The van der Waals surface area contributed by atoms with Crippen molar-refractivity contribution in [3.05, 3.63) is 29.3 Å². The molecule has 0 radical (unpaired) electrons. The van der Waals surface area contributed by atoms with E-state index in [1.54, 1.807) is 17.8 Å². The van der Waals surface area contributed by atoms with Crippen molar-refractivity contribution < 1.29 is 9.53 Å². The van der Waals surface area contributed by atoms with E-state index in [1.807, 2.05) is 25.1 Å². The van der Waals surface area contributed by atoms with Crippen molar-refractivity contribution in [2.75, 3.05) is 18.2 Å². The van der Waals surface area contributed by atoms with Crippen molar-refractivity contribution in [3.63, 3.8) is 0 Å². The van der Waals surface area contributed by atoms with E-state index in [0.29, 0.717) is 17.3 Å². The van der Waals surface area contributed by atoms with Gasteiger partial charge in [0.2, 0.25) is 5.91 Å². The highest BCUT2D eigenvalue weighted by atomic mass is 35.5. The zero-order chi connectivity index (χ0) is 14.4. The van der Waals surface area contributed by atoms with Gasteiger partial charge in [-0.25, -0.2) is 0 Å². The summed E-state index contributed by atoms with van der Waals surface area (Å²) in [6.45, 7) is 2.51. The first-order chi connectivity index (χ1) is 9.70. The van der Waals surface area contributed by atoms with E-state index in [-0.39, 0.29) is 30.5 Å². The summed E-state index contributed by atoms with van der Waals surface area (Å²) in [6, 6.07) is 7.29.